The summed E-state index contributed by atoms with van der Waals surface area (Å²) in [7, 11) is 0. The van der Waals surface area contributed by atoms with Crippen LogP contribution < -0.4 is 10.1 Å². The summed E-state index contributed by atoms with van der Waals surface area (Å²) in [5.41, 5.74) is 1.11. The van der Waals surface area contributed by atoms with Crippen LogP contribution in [0, 0.1) is 16.7 Å². The zero-order valence-electron chi connectivity index (χ0n) is 18.6. The van der Waals surface area contributed by atoms with E-state index in [-0.39, 0.29) is 25.6 Å². The molecule has 0 saturated carbocycles. The molecule has 176 valence electrons. The molecule has 0 aliphatic carbocycles. The Hall–Kier alpha value is -3.22. The Morgan fingerprint density at radius 2 is 1.79 bits per heavy atom. The maximum Gasteiger partial charge on any atom is 0.412 e. The number of nitrogens with one attached hydrogen (secondary N) is 1. The van der Waals surface area contributed by atoms with Crippen molar-refractivity contribution in [2.45, 2.75) is 26.4 Å². The van der Waals surface area contributed by atoms with Gasteiger partial charge in [0.05, 0.1) is 30.6 Å². The summed E-state index contributed by atoms with van der Waals surface area (Å²) in [4.78, 5) is 24.1. The lowest BCUT2D eigenvalue weighted by atomic mass is 9.80. The molecule has 2 aromatic rings. The molecular weight excluding hydrogens is 444 g/mol. The number of thiol groups is 1. The number of nitrogens with zero attached hydrogens (tertiary/aromatic N) is 1. The molecule has 0 spiro atoms. The number of anilines is 1. The first kappa shape index (κ1) is 26.0. The lowest BCUT2D eigenvalue weighted by Gasteiger charge is -2.34. The van der Waals surface area contributed by atoms with Gasteiger partial charge in [-0.05, 0) is 48.4 Å². The number of aliphatic hydroxyl groups excluding tert-OH is 1. The largest absolute Gasteiger partial charge is 0.491 e. The molecular formula is C24H28N2O6S. The molecule has 0 bridgehead atoms. The Bertz CT molecular complexity index is 954. The van der Waals surface area contributed by atoms with E-state index >= 15 is 0 Å². The van der Waals surface area contributed by atoms with Gasteiger partial charge in [-0.25, -0.2) is 4.79 Å². The van der Waals surface area contributed by atoms with Gasteiger partial charge in [-0.2, -0.15) is 17.9 Å². The average Bonchev–Trinajstić information content (AvgIpc) is 2.81. The van der Waals surface area contributed by atoms with Crippen molar-refractivity contribution < 1.29 is 28.9 Å². The molecule has 1 amide bonds. The van der Waals surface area contributed by atoms with Gasteiger partial charge in [-0.3, -0.25) is 10.1 Å². The normalized spacial score (nSPS) is 11.7. The first-order chi connectivity index (χ1) is 15.8. The molecule has 0 aromatic heterocycles. The molecule has 0 radical (unpaired) electrons. The Morgan fingerprint density at radius 3 is 2.36 bits per heavy atom. The van der Waals surface area contributed by atoms with Crippen LogP contribution in [0.1, 0.15) is 37.5 Å². The first-order valence-electron chi connectivity index (χ1n) is 10.4. The summed E-state index contributed by atoms with van der Waals surface area (Å²) < 4.78 is 16.4. The van der Waals surface area contributed by atoms with Crippen LogP contribution in [0.4, 0.5) is 10.5 Å². The van der Waals surface area contributed by atoms with Crippen molar-refractivity contribution in [3.63, 3.8) is 0 Å². The summed E-state index contributed by atoms with van der Waals surface area (Å²) in [5, 5.41) is 20.5. The van der Waals surface area contributed by atoms with Crippen molar-refractivity contribution in [2.24, 2.45) is 5.41 Å². The van der Waals surface area contributed by atoms with Gasteiger partial charge in [-0.1, -0.05) is 26.0 Å². The summed E-state index contributed by atoms with van der Waals surface area (Å²) >= 11 is 3.90. The number of carbonyl (C=O) groups is 2. The lowest BCUT2D eigenvalue weighted by molar-refractivity contribution is -0.141. The molecule has 0 fully saturated rings. The number of rotatable bonds is 11. The van der Waals surface area contributed by atoms with E-state index in [4.69, 9.17) is 24.6 Å². The van der Waals surface area contributed by atoms with Gasteiger partial charge in [0.25, 0.3) is 0 Å². The zero-order valence-corrected chi connectivity index (χ0v) is 19.5. The number of esters is 1. The highest BCUT2D eigenvalue weighted by atomic mass is 32.1. The third kappa shape index (κ3) is 8.33. The summed E-state index contributed by atoms with van der Waals surface area (Å²) in [6.07, 6.45) is -0.896. The zero-order chi connectivity index (χ0) is 24.3. The number of amides is 1. The fourth-order valence-electron chi connectivity index (χ4n) is 3.07. The van der Waals surface area contributed by atoms with E-state index < -0.39 is 23.6 Å². The van der Waals surface area contributed by atoms with Crippen molar-refractivity contribution in [1.29, 1.82) is 5.26 Å². The molecule has 33 heavy (non-hydrogen) atoms. The molecule has 0 aliphatic heterocycles. The van der Waals surface area contributed by atoms with E-state index in [1.165, 1.54) is 0 Å². The molecule has 2 N–H and O–H groups in total. The van der Waals surface area contributed by atoms with E-state index in [9.17, 15) is 9.59 Å². The Balaban J connectivity index is 2.18. The maximum atomic E-state index is 12.7. The highest BCUT2D eigenvalue weighted by Gasteiger charge is 2.34. The minimum absolute atomic E-state index is 0.0113. The topological polar surface area (TPSA) is 118 Å². The number of hydrogen-bond acceptors (Lipinski definition) is 8. The minimum Gasteiger partial charge on any atom is -0.491 e. The second kappa shape index (κ2) is 12.7. The van der Waals surface area contributed by atoms with Gasteiger partial charge in [-0.15, -0.1) is 0 Å². The van der Waals surface area contributed by atoms with Crippen LogP contribution in [-0.4, -0.2) is 42.7 Å². The predicted molar refractivity (Wildman–Crippen MR) is 126 cm³/mol. The summed E-state index contributed by atoms with van der Waals surface area (Å²) in [5.74, 6) is 0.146. The van der Waals surface area contributed by atoms with Crippen LogP contribution in [0.15, 0.2) is 48.5 Å². The quantitative estimate of drug-likeness (QED) is 0.333. The summed E-state index contributed by atoms with van der Waals surface area (Å²) in [6.45, 7) is 4.06. The molecule has 8 nitrogen and oxygen atoms in total. The van der Waals surface area contributed by atoms with Gasteiger partial charge in [0.15, 0.2) is 0 Å². The molecule has 1 atom stereocenters. The van der Waals surface area contributed by atoms with E-state index in [1.807, 2.05) is 19.9 Å². The van der Waals surface area contributed by atoms with Crippen LogP contribution in [-0.2, 0) is 14.3 Å². The highest BCUT2D eigenvalue weighted by molar-refractivity contribution is 7.81. The number of carbonyl (C=O) groups excluding carboxylic acids is 2. The fraction of sp³-hybridized carbons (Fsp3) is 0.375. The van der Waals surface area contributed by atoms with Crippen molar-refractivity contribution in [3.05, 3.63) is 59.7 Å². The van der Waals surface area contributed by atoms with E-state index in [0.717, 1.165) is 5.56 Å². The summed E-state index contributed by atoms with van der Waals surface area (Å²) in [6, 6.07) is 15.5. The van der Waals surface area contributed by atoms with Crippen molar-refractivity contribution in [3.8, 4) is 11.8 Å². The molecule has 9 heteroatoms. The SMILES string of the molecule is CC(C)(CCOC(=O)CS)[C@@H](OC(=O)Nc1ccc(C#N)cc1)c1ccc(OCCO)cc1. The molecule has 2 aromatic carbocycles. The van der Waals surface area contributed by atoms with Gasteiger partial charge in [0, 0.05) is 11.1 Å². The van der Waals surface area contributed by atoms with Crippen LogP contribution in [0.2, 0.25) is 0 Å². The number of nitriles is 1. The van der Waals surface area contributed by atoms with Gasteiger partial charge in [0.1, 0.15) is 18.5 Å². The van der Waals surface area contributed by atoms with Crippen molar-refractivity contribution >= 4 is 30.4 Å². The van der Waals surface area contributed by atoms with E-state index in [0.29, 0.717) is 23.4 Å². The number of benzene rings is 2. The van der Waals surface area contributed by atoms with Crippen molar-refractivity contribution in [2.75, 3.05) is 30.9 Å². The van der Waals surface area contributed by atoms with Crippen LogP contribution >= 0.6 is 12.6 Å². The Labute approximate surface area is 198 Å². The van der Waals surface area contributed by atoms with Gasteiger partial charge >= 0.3 is 12.1 Å². The smallest absolute Gasteiger partial charge is 0.412 e. The second-order valence-electron chi connectivity index (χ2n) is 7.86. The number of ether oxygens (including phenoxy) is 3. The predicted octanol–water partition coefficient (Wildman–Crippen LogP) is 4.11. The maximum absolute atomic E-state index is 12.7. The Morgan fingerprint density at radius 1 is 1.12 bits per heavy atom. The minimum atomic E-state index is -0.669. The third-order valence-corrected chi connectivity index (χ3v) is 5.13. The van der Waals surface area contributed by atoms with Crippen LogP contribution in [0.5, 0.6) is 5.75 Å². The van der Waals surface area contributed by atoms with E-state index in [2.05, 4.69) is 17.9 Å². The van der Waals surface area contributed by atoms with Gasteiger partial charge < -0.3 is 19.3 Å². The fourth-order valence-corrected chi connectivity index (χ4v) is 3.16. The molecule has 0 saturated heterocycles. The standard InChI is InChI=1S/C24H28N2O6S/c1-24(2,11-13-31-21(28)16-33)22(18-5-9-20(10-6-18)30-14-12-27)32-23(29)26-19-7-3-17(15-25)4-8-19/h3-10,22,27,33H,11-14,16H2,1-2H3,(H,26,29)/t22-/m0/s1. The monoisotopic (exact) mass is 472 g/mol. The Kier molecular flexibility index (Phi) is 10.0. The molecule has 0 heterocycles. The number of hydrogen-bond donors (Lipinski definition) is 3. The number of aliphatic hydroxyl groups is 1. The first-order valence-corrected chi connectivity index (χ1v) is 11.0. The van der Waals surface area contributed by atoms with E-state index in [1.54, 1.807) is 48.5 Å². The van der Waals surface area contributed by atoms with Crippen molar-refractivity contribution in [1.82, 2.24) is 0 Å². The lowest BCUT2D eigenvalue weighted by Crippen LogP contribution is -2.30. The average molecular weight is 473 g/mol. The van der Waals surface area contributed by atoms with Crippen LogP contribution in [0.3, 0.4) is 0 Å². The second-order valence-corrected chi connectivity index (χ2v) is 8.17. The molecule has 2 rings (SSSR count). The van der Waals surface area contributed by atoms with Gasteiger partial charge in [0.2, 0.25) is 0 Å². The molecule has 0 aliphatic rings. The highest BCUT2D eigenvalue weighted by Crippen LogP contribution is 2.40. The third-order valence-electron chi connectivity index (χ3n) is 4.88. The molecule has 0 unspecified atom stereocenters. The van der Waals surface area contributed by atoms with Crippen LogP contribution in [0.25, 0.3) is 0 Å².